The molecule has 0 spiro atoms. The second-order valence-electron chi connectivity index (χ2n) is 4.81. The minimum absolute atomic E-state index is 0.136. The first-order valence-corrected chi connectivity index (χ1v) is 7.91. The van der Waals surface area contributed by atoms with E-state index in [1.165, 1.54) is 17.0 Å². The van der Waals surface area contributed by atoms with Gasteiger partial charge in [-0.2, -0.15) is 0 Å². The Kier molecular flexibility index (Phi) is 8.24. The molecular formula is C15H20Cl2N2O3. The van der Waals surface area contributed by atoms with Crippen molar-refractivity contribution in [3.63, 3.8) is 0 Å². The monoisotopic (exact) mass is 346 g/mol. The molecule has 0 aliphatic rings. The number of hydrogen-bond donors (Lipinski definition) is 2. The molecule has 0 heterocycles. The van der Waals surface area contributed by atoms with Crippen LogP contribution < -0.4 is 5.32 Å². The molecule has 0 radical (unpaired) electrons. The van der Waals surface area contributed by atoms with Crippen LogP contribution in [0.25, 0.3) is 0 Å². The molecule has 5 nitrogen and oxygen atoms in total. The number of aliphatic hydroxyl groups is 1. The summed E-state index contributed by atoms with van der Waals surface area (Å²) in [5.41, 5.74) is 0.394. The van der Waals surface area contributed by atoms with Gasteiger partial charge in [0.15, 0.2) is 0 Å². The number of hydrogen-bond acceptors (Lipinski definition) is 3. The number of nitrogens with one attached hydrogen (secondary N) is 1. The molecule has 0 aliphatic heterocycles. The highest BCUT2D eigenvalue weighted by atomic mass is 35.5. The zero-order valence-electron chi connectivity index (χ0n) is 12.4. The molecule has 0 aromatic heterocycles. The van der Waals surface area contributed by atoms with E-state index in [0.29, 0.717) is 22.3 Å². The van der Waals surface area contributed by atoms with E-state index in [1.807, 2.05) is 0 Å². The number of carbonyl (C=O) groups excluding carboxylic acids is 2. The van der Waals surface area contributed by atoms with Crippen LogP contribution in [0.15, 0.2) is 18.2 Å². The number of nitrogens with zero attached hydrogens (tertiary/aromatic N) is 1. The van der Waals surface area contributed by atoms with Crippen LogP contribution in [0.1, 0.15) is 26.2 Å². The van der Waals surface area contributed by atoms with Gasteiger partial charge >= 0.3 is 11.8 Å². The highest BCUT2D eigenvalue weighted by Crippen LogP contribution is 2.24. The molecule has 0 aliphatic carbocycles. The van der Waals surface area contributed by atoms with Crippen LogP contribution in [-0.2, 0) is 9.59 Å². The fraction of sp³-hybridized carbons (Fsp3) is 0.467. The molecule has 0 saturated carbocycles. The second kappa shape index (κ2) is 9.66. The lowest BCUT2D eigenvalue weighted by Crippen LogP contribution is -2.41. The molecule has 2 N–H and O–H groups in total. The SMILES string of the molecule is CCCCCN(CCO)C(=O)C(=O)Nc1ccc(Cl)c(Cl)c1. The molecule has 0 bridgehead atoms. The third kappa shape index (κ3) is 5.83. The molecule has 122 valence electrons. The summed E-state index contributed by atoms with van der Waals surface area (Å²) < 4.78 is 0. The smallest absolute Gasteiger partial charge is 0.313 e. The van der Waals surface area contributed by atoms with Gasteiger partial charge in [-0.15, -0.1) is 0 Å². The third-order valence-electron chi connectivity index (χ3n) is 3.06. The van der Waals surface area contributed by atoms with E-state index in [1.54, 1.807) is 6.07 Å². The van der Waals surface area contributed by atoms with Crippen molar-refractivity contribution in [2.24, 2.45) is 0 Å². The predicted octanol–water partition coefficient (Wildman–Crippen LogP) is 2.94. The van der Waals surface area contributed by atoms with Crippen molar-refractivity contribution >= 4 is 40.7 Å². The Hall–Kier alpha value is -1.30. The van der Waals surface area contributed by atoms with Gasteiger partial charge in [-0.25, -0.2) is 0 Å². The van der Waals surface area contributed by atoms with Gasteiger partial charge in [-0.3, -0.25) is 9.59 Å². The number of amides is 2. The Morgan fingerprint density at radius 1 is 1.18 bits per heavy atom. The standard InChI is InChI=1S/C15H20Cl2N2O3/c1-2-3-4-7-19(8-9-20)15(22)14(21)18-11-5-6-12(16)13(17)10-11/h5-6,10,20H,2-4,7-9H2,1H3,(H,18,21). The molecule has 1 aromatic rings. The third-order valence-corrected chi connectivity index (χ3v) is 3.80. The number of carbonyl (C=O) groups is 2. The Morgan fingerprint density at radius 3 is 2.50 bits per heavy atom. The van der Waals surface area contributed by atoms with Gasteiger partial charge in [0.1, 0.15) is 0 Å². The van der Waals surface area contributed by atoms with E-state index in [4.69, 9.17) is 28.3 Å². The molecule has 0 unspecified atom stereocenters. The summed E-state index contributed by atoms with van der Waals surface area (Å²) in [4.78, 5) is 25.5. The molecule has 7 heteroatoms. The van der Waals surface area contributed by atoms with Crippen molar-refractivity contribution in [2.75, 3.05) is 25.0 Å². The van der Waals surface area contributed by atoms with Gasteiger partial charge in [0.2, 0.25) is 0 Å². The van der Waals surface area contributed by atoms with Crippen LogP contribution in [0.4, 0.5) is 5.69 Å². The Morgan fingerprint density at radius 2 is 1.91 bits per heavy atom. The summed E-state index contributed by atoms with van der Waals surface area (Å²) in [5, 5.41) is 12.2. The Bertz CT molecular complexity index is 524. The Labute approximate surface area is 140 Å². The zero-order valence-corrected chi connectivity index (χ0v) is 14.0. The van der Waals surface area contributed by atoms with Crippen molar-refractivity contribution in [2.45, 2.75) is 26.2 Å². The molecule has 2 amide bonds. The average Bonchev–Trinajstić information content (AvgIpc) is 2.49. The fourth-order valence-corrected chi connectivity index (χ4v) is 2.19. The van der Waals surface area contributed by atoms with Gasteiger partial charge < -0.3 is 15.3 Å². The zero-order chi connectivity index (χ0) is 16.5. The van der Waals surface area contributed by atoms with Crippen molar-refractivity contribution in [3.8, 4) is 0 Å². The summed E-state index contributed by atoms with van der Waals surface area (Å²) in [5.74, 6) is -1.43. The van der Waals surface area contributed by atoms with E-state index in [0.717, 1.165) is 19.3 Å². The van der Waals surface area contributed by atoms with Crippen LogP contribution in [0.3, 0.4) is 0 Å². The van der Waals surface area contributed by atoms with Crippen LogP contribution in [0.2, 0.25) is 10.0 Å². The first-order valence-electron chi connectivity index (χ1n) is 7.15. The van der Waals surface area contributed by atoms with E-state index in [9.17, 15) is 9.59 Å². The normalized spacial score (nSPS) is 10.4. The van der Waals surface area contributed by atoms with Gasteiger partial charge in [0.05, 0.1) is 16.7 Å². The number of anilines is 1. The summed E-state index contributed by atoms with van der Waals surface area (Å²) in [6.07, 6.45) is 2.77. The number of rotatable bonds is 7. The van der Waals surface area contributed by atoms with E-state index >= 15 is 0 Å². The fourth-order valence-electron chi connectivity index (χ4n) is 1.89. The largest absolute Gasteiger partial charge is 0.395 e. The first kappa shape index (κ1) is 18.7. The summed E-state index contributed by atoms with van der Waals surface area (Å²) in [7, 11) is 0. The lowest BCUT2D eigenvalue weighted by atomic mass is 10.2. The van der Waals surface area contributed by atoms with Crippen LogP contribution in [-0.4, -0.2) is 41.5 Å². The highest BCUT2D eigenvalue weighted by molar-refractivity contribution is 6.42. The van der Waals surface area contributed by atoms with Crippen molar-refractivity contribution < 1.29 is 14.7 Å². The quantitative estimate of drug-likeness (QED) is 0.589. The predicted molar refractivity (Wildman–Crippen MR) is 88.3 cm³/mol. The van der Waals surface area contributed by atoms with Gasteiger partial charge in [0.25, 0.3) is 0 Å². The van der Waals surface area contributed by atoms with E-state index in [2.05, 4.69) is 12.2 Å². The van der Waals surface area contributed by atoms with Crippen LogP contribution >= 0.6 is 23.2 Å². The lowest BCUT2D eigenvalue weighted by molar-refractivity contribution is -0.143. The number of benzene rings is 1. The minimum Gasteiger partial charge on any atom is -0.395 e. The molecule has 0 saturated heterocycles. The molecule has 1 rings (SSSR count). The molecule has 22 heavy (non-hydrogen) atoms. The second-order valence-corrected chi connectivity index (χ2v) is 5.62. The van der Waals surface area contributed by atoms with Crippen LogP contribution in [0.5, 0.6) is 0 Å². The first-order chi connectivity index (χ1) is 10.5. The van der Waals surface area contributed by atoms with Crippen LogP contribution in [0, 0.1) is 0 Å². The molecule has 0 atom stereocenters. The maximum atomic E-state index is 12.1. The topological polar surface area (TPSA) is 69.6 Å². The molecule has 1 aromatic carbocycles. The molecule has 0 fully saturated rings. The van der Waals surface area contributed by atoms with E-state index < -0.39 is 11.8 Å². The van der Waals surface area contributed by atoms with Crippen molar-refractivity contribution in [1.29, 1.82) is 0 Å². The maximum Gasteiger partial charge on any atom is 0.313 e. The van der Waals surface area contributed by atoms with Gasteiger partial charge in [-0.1, -0.05) is 43.0 Å². The molecular weight excluding hydrogens is 327 g/mol. The van der Waals surface area contributed by atoms with E-state index in [-0.39, 0.29) is 13.2 Å². The minimum atomic E-state index is -0.761. The number of unbranched alkanes of at least 4 members (excludes halogenated alkanes) is 2. The summed E-state index contributed by atoms with van der Waals surface area (Å²) in [6, 6.07) is 4.58. The van der Waals surface area contributed by atoms with Crippen molar-refractivity contribution in [1.82, 2.24) is 4.90 Å². The van der Waals surface area contributed by atoms with Gasteiger partial charge in [0, 0.05) is 18.8 Å². The Balaban J connectivity index is 2.67. The maximum absolute atomic E-state index is 12.1. The number of halogens is 2. The summed E-state index contributed by atoms with van der Waals surface area (Å²) in [6.45, 7) is 2.45. The average molecular weight is 347 g/mol. The summed E-state index contributed by atoms with van der Waals surface area (Å²) >= 11 is 11.7. The van der Waals surface area contributed by atoms with Gasteiger partial charge in [-0.05, 0) is 24.6 Å². The van der Waals surface area contributed by atoms with Crippen molar-refractivity contribution in [3.05, 3.63) is 28.2 Å². The number of aliphatic hydroxyl groups excluding tert-OH is 1. The highest BCUT2D eigenvalue weighted by Gasteiger charge is 2.21. The lowest BCUT2D eigenvalue weighted by Gasteiger charge is -2.21.